The van der Waals surface area contributed by atoms with Crippen molar-refractivity contribution < 1.29 is 0 Å². The molecule has 0 radical (unpaired) electrons. The maximum atomic E-state index is 8.92. The van der Waals surface area contributed by atoms with Crippen molar-refractivity contribution in [2.45, 2.75) is 22.6 Å². The molecule has 0 aliphatic carbocycles. The van der Waals surface area contributed by atoms with Gasteiger partial charge in [-0.15, -0.1) is 23.5 Å². The minimum atomic E-state index is 0.366. The number of nitrogens with zero attached hydrogens (tertiary/aromatic N) is 4. The van der Waals surface area contributed by atoms with Crippen molar-refractivity contribution >= 4 is 23.5 Å². The van der Waals surface area contributed by atoms with Gasteiger partial charge in [0.25, 0.3) is 0 Å². The van der Waals surface area contributed by atoms with E-state index in [4.69, 9.17) is 10.5 Å². The maximum absolute atomic E-state index is 8.92. The molecule has 134 valence electrons. The molecule has 3 rings (SSSR count). The molecule has 1 aromatic heterocycles. The Balaban J connectivity index is 1.60. The van der Waals surface area contributed by atoms with Crippen molar-refractivity contribution in [3.05, 3.63) is 89.5 Å². The monoisotopic (exact) mass is 390 g/mol. The lowest BCUT2D eigenvalue weighted by molar-refractivity contribution is 0.750. The lowest BCUT2D eigenvalue weighted by Gasteiger charge is -2.17. The second-order valence-corrected chi connectivity index (χ2v) is 8.61. The standard InChI is InChI=1S/C21H18N4S2/c22-11-17-1-5-19(6-2-17)14-26-21(13-25-10-9-24-16-25)27-15-20-7-3-18(12-23)4-8-20/h1-10,16,21H,13-15H2. The molecule has 0 aliphatic heterocycles. The van der Waals surface area contributed by atoms with Crippen molar-refractivity contribution in [2.75, 3.05) is 0 Å². The summed E-state index contributed by atoms with van der Waals surface area (Å²) >= 11 is 3.78. The summed E-state index contributed by atoms with van der Waals surface area (Å²) < 4.78 is 2.47. The first kappa shape index (κ1) is 19.1. The van der Waals surface area contributed by atoms with E-state index in [1.54, 1.807) is 6.20 Å². The zero-order valence-corrected chi connectivity index (χ0v) is 16.3. The summed E-state index contributed by atoms with van der Waals surface area (Å²) in [5, 5.41) is 17.8. The number of rotatable bonds is 8. The predicted molar refractivity (Wildman–Crippen MR) is 111 cm³/mol. The number of hydrogen-bond acceptors (Lipinski definition) is 5. The van der Waals surface area contributed by atoms with Gasteiger partial charge in [-0.25, -0.2) is 4.98 Å². The van der Waals surface area contributed by atoms with Crippen LogP contribution in [0, 0.1) is 22.7 Å². The van der Waals surface area contributed by atoms with Crippen LogP contribution in [0.15, 0.2) is 67.3 Å². The topological polar surface area (TPSA) is 65.4 Å². The van der Waals surface area contributed by atoms with Crippen LogP contribution in [0.2, 0.25) is 0 Å². The van der Waals surface area contributed by atoms with Crippen LogP contribution in [0.5, 0.6) is 0 Å². The van der Waals surface area contributed by atoms with Gasteiger partial charge >= 0.3 is 0 Å². The van der Waals surface area contributed by atoms with E-state index < -0.39 is 0 Å². The molecule has 27 heavy (non-hydrogen) atoms. The highest BCUT2D eigenvalue weighted by atomic mass is 32.2. The highest BCUT2D eigenvalue weighted by Gasteiger charge is 2.12. The van der Waals surface area contributed by atoms with Crippen molar-refractivity contribution in [1.29, 1.82) is 10.5 Å². The predicted octanol–water partition coefficient (Wildman–Crippen LogP) is 4.82. The van der Waals surface area contributed by atoms with Crippen LogP contribution in [0.25, 0.3) is 0 Å². The van der Waals surface area contributed by atoms with Gasteiger partial charge in [-0.2, -0.15) is 10.5 Å². The van der Waals surface area contributed by atoms with Crippen LogP contribution in [0.3, 0.4) is 0 Å². The summed E-state index contributed by atoms with van der Waals surface area (Å²) in [6, 6.07) is 19.8. The number of imidazole rings is 1. The van der Waals surface area contributed by atoms with E-state index in [2.05, 4.69) is 21.7 Å². The summed E-state index contributed by atoms with van der Waals surface area (Å²) in [6.45, 7) is 0.877. The molecular weight excluding hydrogens is 372 g/mol. The number of hydrogen-bond donors (Lipinski definition) is 0. The third kappa shape index (κ3) is 5.92. The van der Waals surface area contributed by atoms with E-state index in [-0.39, 0.29) is 0 Å². The van der Waals surface area contributed by atoms with Crippen LogP contribution >= 0.6 is 23.5 Å². The molecule has 0 amide bonds. The first-order chi connectivity index (χ1) is 13.3. The molecule has 0 N–H and O–H groups in total. The normalized spacial score (nSPS) is 10.5. The molecule has 0 atom stereocenters. The maximum Gasteiger partial charge on any atom is 0.0991 e. The lowest BCUT2D eigenvalue weighted by atomic mass is 10.2. The Bertz CT molecular complexity index is 859. The van der Waals surface area contributed by atoms with Gasteiger partial charge in [-0.05, 0) is 35.4 Å². The van der Waals surface area contributed by atoms with Crippen LogP contribution in [-0.4, -0.2) is 14.1 Å². The number of benzene rings is 2. The first-order valence-electron chi connectivity index (χ1n) is 8.44. The minimum absolute atomic E-state index is 0.366. The molecule has 0 saturated carbocycles. The van der Waals surface area contributed by atoms with Gasteiger partial charge in [0.05, 0.1) is 34.2 Å². The third-order valence-corrected chi connectivity index (χ3v) is 6.82. The lowest BCUT2D eigenvalue weighted by Crippen LogP contribution is -2.09. The van der Waals surface area contributed by atoms with Crippen LogP contribution in [0.1, 0.15) is 22.3 Å². The molecule has 2 aromatic carbocycles. The van der Waals surface area contributed by atoms with Gasteiger partial charge in [-0.1, -0.05) is 24.3 Å². The summed E-state index contributed by atoms with van der Waals surface area (Å²) in [4.78, 5) is 4.13. The fourth-order valence-corrected chi connectivity index (χ4v) is 4.94. The molecule has 0 saturated heterocycles. The Morgan fingerprint density at radius 3 is 1.78 bits per heavy atom. The van der Waals surface area contributed by atoms with Crippen LogP contribution in [0.4, 0.5) is 0 Å². The number of thioether (sulfide) groups is 2. The number of aromatic nitrogens is 2. The van der Waals surface area contributed by atoms with Crippen LogP contribution < -0.4 is 0 Å². The van der Waals surface area contributed by atoms with Crippen molar-refractivity contribution in [3.8, 4) is 12.1 Å². The average molecular weight is 391 g/mol. The van der Waals surface area contributed by atoms with Crippen molar-refractivity contribution in [2.24, 2.45) is 0 Å². The molecule has 0 spiro atoms. The zero-order chi connectivity index (χ0) is 18.9. The van der Waals surface area contributed by atoms with E-state index in [0.29, 0.717) is 15.7 Å². The van der Waals surface area contributed by atoms with Gasteiger partial charge < -0.3 is 4.57 Å². The highest BCUT2D eigenvalue weighted by Crippen LogP contribution is 2.31. The molecule has 6 heteroatoms. The van der Waals surface area contributed by atoms with E-state index >= 15 is 0 Å². The van der Waals surface area contributed by atoms with Gasteiger partial charge in [-0.3, -0.25) is 0 Å². The van der Waals surface area contributed by atoms with Crippen molar-refractivity contribution in [3.63, 3.8) is 0 Å². The van der Waals surface area contributed by atoms with Gasteiger partial charge in [0.1, 0.15) is 0 Å². The van der Waals surface area contributed by atoms with E-state index in [0.717, 1.165) is 18.1 Å². The van der Waals surface area contributed by atoms with Gasteiger partial charge in [0.15, 0.2) is 0 Å². The van der Waals surface area contributed by atoms with E-state index in [9.17, 15) is 0 Å². The molecule has 0 fully saturated rings. The Morgan fingerprint density at radius 1 is 0.852 bits per heavy atom. The minimum Gasteiger partial charge on any atom is -0.336 e. The molecular formula is C21H18N4S2. The third-order valence-electron chi connectivity index (χ3n) is 3.96. The number of nitriles is 2. The fourth-order valence-electron chi connectivity index (χ4n) is 2.45. The molecule has 3 aromatic rings. The van der Waals surface area contributed by atoms with Crippen LogP contribution in [-0.2, 0) is 18.1 Å². The van der Waals surface area contributed by atoms with Crippen molar-refractivity contribution in [1.82, 2.24) is 9.55 Å². The molecule has 0 bridgehead atoms. The van der Waals surface area contributed by atoms with E-state index in [1.165, 1.54) is 11.1 Å². The Kier molecular flexibility index (Phi) is 6.98. The molecule has 0 aliphatic rings. The average Bonchev–Trinajstić information content (AvgIpc) is 3.24. The SMILES string of the molecule is N#Cc1ccc(CSC(Cn2ccnc2)SCc2ccc(C#N)cc2)cc1. The molecule has 1 heterocycles. The van der Waals surface area contributed by atoms with Gasteiger partial charge in [0.2, 0.25) is 0 Å². The Hall–Kier alpha value is -2.67. The second-order valence-electron chi connectivity index (χ2n) is 5.93. The molecule has 4 nitrogen and oxygen atoms in total. The largest absolute Gasteiger partial charge is 0.336 e. The van der Waals surface area contributed by atoms with Gasteiger partial charge in [0, 0.05) is 30.4 Å². The Morgan fingerprint density at radius 2 is 1.37 bits per heavy atom. The fraction of sp³-hybridized carbons (Fsp3) is 0.190. The molecule has 0 unspecified atom stereocenters. The zero-order valence-electron chi connectivity index (χ0n) is 14.7. The summed E-state index contributed by atoms with van der Waals surface area (Å²) in [5.41, 5.74) is 3.81. The first-order valence-corrected chi connectivity index (χ1v) is 10.5. The van der Waals surface area contributed by atoms with E-state index in [1.807, 2.05) is 84.6 Å². The second kappa shape index (κ2) is 9.87. The summed E-state index contributed by atoms with van der Waals surface area (Å²) in [7, 11) is 0. The Labute approximate surface area is 167 Å². The summed E-state index contributed by atoms with van der Waals surface area (Å²) in [6.07, 6.45) is 5.63. The summed E-state index contributed by atoms with van der Waals surface area (Å²) in [5.74, 6) is 1.79. The quantitative estimate of drug-likeness (QED) is 0.516. The highest BCUT2D eigenvalue weighted by molar-refractivity contribution is 8.16. The smallest absolute Gasteiger partial charge is 0.0991 e.